The molecule has 0 radical (unpaired) electrons. The van der Waals surface area contributed by atoms with Crippen LogP contribution in [0.3, 0.4) is 0 Å². The van der Waals surface area contributed by atoms with Crippen molar-refractivity contribution in [2.24, 2.45) is 0 Å². The predicted molar refractivity (Wildman–Crippen MR) is 143 cm³/mol. The Morgan fingerprint density at radius 3 is 2.35 bits per heavy atom. The smallest absolute Gasteiger partial charge is 0.410 e. The number of amides is 1. The molecule has 0 bridgehead atoms. The molecule has 190 valence electrons. The molecule has 1 fully saturated rings. The van der Waals surface area contributed by atoms with Gasteiger partial charge in [-0.25, -0.2) is 24.1 Å². The highest BCUT2D eigenvalue weighted by Gasteiger charge is 2.27. The van der Waals surface area contributed by atoms with Gasteiger partial charge in [-0.05, 0) is 68.3 Å². The van der Waals surface area contributed by atoms with Gasteiger partial charge in [0.1, 0.15) is 23.6 Å². The van der Waals surface area contributed by atoms with Gasteiger partial charge in [-0.1, -0.05) is 12.1 Å². The van der Waals surface area contributed by atoms with Gasteiger partial charge in [-0.2, -0.15) is 0 Å². The summed E-state index contributed by atoms with van der Waals surface area (Å²) < 4.78 is 20.8. The SMILES string of the molecule is CC(C)(C)OC(=O)N1CCN(c2ccc(-c3ncnc4ccc(-c5ccnc(N)c5)cc34)cc2F)CC1. The van der Waals surface area contributed by atoms with E-state index in [1.54, 1.807) is 17.2 Å². The van der Waals surface area contributed by atoms with Gasteiger partial charge in [0.2, 0.25) is 0 Å². The summed E-state index contributed by atoms with van der Waals surface area (Å²) in [7, 11) is 0. The van der Waals surface area contributed by atoms with Gasteiger partial charge in [-0.3, -0.25) is 0 Å². The monoisotopic (exact) mass is 500 g/mol. The third kappa shape index (κ3) is 5.30. The lowest BCUT2D eigenvalue weighted by Gasteiger charge is -2.36. The minimum absolute atomic E-state index is 0.340. The van der Waals surface area contributed by atoms with Gasteiger partial charge in [0.15, 0.2) is 0 Å². The maximum atomic E-state index is 15.4. The van der Waals surface area contributed by atoms with Gasteiger partial charge < -0.3 is 20.3 Å². The van der Waals surface area contributed by atoms with Gasteiger partial charge in [-0.15, -0.1) is 0 Å². The molecule has 0 spiro atoms. The van der Waals surface area contributed by atoms with Crippen LogP contribution in [-0.4, -0.2) is 57.7 Å². The summed E-state index contributed by atoms with van der Waals surface area (Å²) in [5.41, 5.74) is 9.75. The number of pyridine rings is 1. The van der Waals surface area contributed by atoms with Crippen LogP contribution < -0.4 is 10.6 Å². The van der Waals surface area contributed by atoms with Crippen molar-refractivity contribution in [3.8, 4) is 22.4 Å². The maximum Gasteiger partial charge on any atom is 0.410 e. The van der Waals surface area contributed by atoms with Crippen molar-refractivity contribution in [1.29, 1.82) is 0 Å². The largest absolute Gasteiger partial charge is 0.444 e. The summed E-state index contributed by atoms with van der Waals surface area (Å²) in [6, 6.07) is 14.7. The van der Waals surface area contributed by atoms with Crippen molar-refractivity contribution < 1.29 is 13.9 Å². The molecule has 0 aliphatic carbocycles. The minimum Gasteiger partial charge on any atom is -0.444 e. The second-order valence-corrected chi connectivity index (χ2v) is 10.0. The first-order valence-corrected chi connectivity index (χ1v) is 12.2. The Morgan fingerprint density at radius 2 is 1.65 bits per heavy atom. The van der Waals surface area contributed by atoms with E-state index in [0.717, 1.165) is 22.0 Å². The number of nitrogens with zero attached hydrogens (tertiary/aromatic N) is 5. The van der Waals surface area contributed by atoms with Crippen molar-refractivity contribution >= 4 is 28.5 Å². The Bertz CT molecular complexity index is 1460. The van der Waals surface area contributed by atoms with Crippen LogP contribution in [-0.2, 0) is 4.74 Å². The molecular formula is C28H29FN6O2. The lowest BCUT2D eigenvalue weighted by atomic mass is 10.0. The van der Waals surface area contributed by atoms with E-state index in [4.69, 9.17) is 10.5 Å². The number of nitrogen functional groups attached to an aromatic ring is 1. The second kappa shape index (κ2) is 9.65. The molecule has 2 N–H and O–H groups in total. The van der Waals surface area contributed by atoms with Crippen molar-refractivity contribution in [2.75, 3.05) is 36.8 Å². The number of carbonyl (C=O) groups is 1. The Kier molecular flexibility index (Phi) is 6.37. The van der Waals surface area contributed by atoms with Crippen molar-refractivity contribution in [3.63, 3.8) is 0 Å². The average Bonchev–Trinajstić information content (AvgIpc) is 2.87. The minimum atomic E-state index is -0.548. The lowest BCUT2D eigenvalue weighted by molar-refractivity contribution is 0.0240. The third-order valence-corrected chi connectivity index (χ3v) is 6.24. The molecule has 0 atom stereocenters. The van der Waals surface area contributed by atoms with Crippen molar-refractivity contribution in [3.05, 3.63) is 66.9 Å². The quantitative estimate of drug-likeness (QED) is 0.416. The van der Waals surface area contributed by atoms with E-state index in [2.05, 4.69) is 15.0 Å². The number of hydrogen-bond donors (Lipinski definition) is 1. The molecule has 1 amide bonds. The zero-order chi connectivity index (χ0) is 26.2. The molecule has 2 aromatic carbocycles. The number of rotatable bonds is 3. The zero-order valence-electron chi connectivity index (χ0n) is 21.1. The summed E-state index contributed by atoms with van der Waals surface area (Å²) in [6.07, 6.45) is 2.81. The van der Waals surface area contributed by atoms with Crippen LogP contribution in [0.2, 0.25) is 0 Å². The van der Waals surface area contributed by atoms with E-state index in [-0.39, 0.29) is 11.9 Å². The number of halogens is 1. The van der Waals surface area contributed by atoms with Gasteiger partial charge in [0, 0.05) is 43.3 Å². The number of benzene rings is 2. The Balaban J connectivity index is 1.39. The van der Waals surface area contributed by atoms with E-state index >= 15 is 4.39 Å². The standard InChI is InChI=1S/C28H29FN6O2/c1-28(2,3)37-27(36)35-12-10-34(11-13-35)24-7-5-20(15-22(24)29)26-21-14-18(4-6-23(21)32-17-33-26)19-8-9-31-25(30)16-19/h4-9,14-17H,10-13H2,1-3H3,(H2,30,31). The van der Waals surface area contributed by atoms with E-state index < -0.39 is 5.60 Å². The van der Waals surface area contributed by atoms with E-state index in [9.17, 15) is 4.79 Å². The number of fused-ring (bicyclic) bond motifs is 1. The van der Waals surface area contributed by atoms with Gasteiger partial charge in [0.05, 0.1) is 16.9 Å². The first kappa shape index (κ1) is 24.4. The topological polar surface area (TPSA) is 97.5 Å². The summed E-state index contributed by atoms with van der Waals surface area (Å²) in [6.45, 7) is 7.50. The van der Waals surface area contributed by atoms with Crippen LogP contribution in [0.5, 0.6) is 0 Å². The molecule has 9 heteroatoms. The molecule has 2 aromatic heterocycles. The molecule has 0 saturated carbocycles. The molecule has 3 heterocycles. The molecule has 4 aromatic rings. The number of ether oxygens (including phenoxy) is 1. The molecule has 1 aliphatic rings. The van der Waals surface area contributed by atoms with E-state index in [0.29, 0.717) is 48.9 Å². The van der Waals surface area contributed by atoms with Crippen LogP contribution >= 0.6 is 0 Å². The normalized spacial score (nSPS) is 14.2. The first-order valence-electron chi connectivity index (χ1n) is 12.2. The highest BCUT2D eigenvalue weighted by Crippen LogP contribution is 2.32. The Labute approximate surface area is 214 Å². The van der Waals surface area contributed by atoms with E-state index in [1.807, 2.05) is 62.1 Å². The molecule has 5 rings (SSSR count). The number of aromatic nitrogens is 3. The first-order chi connectivity index (χ1) is 17.7. The third-order valence-electron chi connectivity index (χ3n) is 6.24. The molecular weight excluding hydrogens is 471 g/mol. The Hall–Kier alpha value is -4.27. The number of piperazine rings is 1. The second-order valence-electron chi connectivity index (χ2n) is 10.0. The number of anilines is 2. The van der Waals surface area contributed by atoms with E-state index in [1.165, 1.54) is 12.4 Å². The average molecular weight is 501 g/mol. The summed E-state index contributed by atoms with van der Waals surface area (Å²) >= 11 is 0. The van der Waals surface area contributed by atoms with Crippen LogP contribution in [0.15, 0.2) is 61.1 Å². The van der Waals surface area contributed by atoms with Crippen LogP contribution in [0.1, 0.15) is 20.8 Å². The lowest BCUT2D eigenvalue weighted by Crippen LogP contribution is -2.50. The zero-order valence-corrected chi connectivity index (χ0v) is 21.1. The molecule has 1 aliphatic heterocycles. The fourth-order valence-corrected chi connectivity index (χ4v) is 4.46. The van der Waals surface area contributed by atoms with Crippen molar-refractivity contribution in [2.45, 2.75) is 26.4 Å². The highest BCUT2D eigenvalue weighted by atomic mass is 19.1. The number of carbonyl (C=O) groups excluding carboxylic acids is 1. The molecule has 1 saturated heterocycles. The van der Waals surface area contributed by atoms with Crippen molar-refractivity contribution in [1.82, 2.24) is 19.9 Å². The van der Waals surface area contributed by atoms with Gasteiger partial charge in [0.25, 0.3) is 0 Å². The fourth-order valence-electron chi connectivity index (χ4n) is 4.46. The molecule has 37 heavy (non-hydrogen) atoms. The summed E-state index contributed by atoms with van der Waals surface area (Å²) in [5.74, 6) is 0.0970. The number of nitrogens with two attached hydrogens (primary N) is 1. The number of hydrogen-bond acceptors (Lipinski definition) is 7. The summed E-state index contributed by atoms with van der Waals surface area (Å²) in [5, 5.41) is 0.813. The van der Waals surface area contributed by atoms with Crippen LogP contribution in [0, 0.1) is 5.82 Å². The van der Waals surface area contributed by atoms with Crippen LogP contribution in [0.25, 0.3) is 33.3 Å². The van der Waals surface area contributed by atoms with Crippen LogP contribution in [0.4, 0.5) is 20.7 Å². The van der Waals surface area contributed by atoms with Gasteiger partial charge >= 0.3 is 6.09 Å². The molecule has 0 unspecified atom stereocenters. The fraction of sp³-hybridized carbons (Fsp3) is 0.286. The Morgan fingerprint density at radius 1 is 0.919 bits per heavy atom. The summed E-state index contributed by atoms with van der Waals surface area (Å²) in [4.78, 5) is 28.9. The molecule has 8 nitrogen and oxygen atoms in total. The predicted octanol–water partition coefficient (Wildman–Crippen LogP) is 5.14. The highest BCUT2D eigenvalue weighted by molar-refractivity contribution is 5.95. The maximum absolute atomic E-state index is 15.4.